The van der Waals surface area contributed by atoms with Gasteiger partial charge in [0.2, 0.25) is 5.82 Å². The lowest BCUT2D eigenvalue weighted by atomic mass is 9.95. The summed E-state index contributed by atoms with van der Waals surface area (Å²) in [6.07, 6.45) is 1.61. The number of hydrogen-bond donors (Lipinski definition) is 1. The van der Waals surface area contributed by atoms with E-state index in [1.54, 1.807) is 6.92 Å². The van der Waals surface area contributed by atoms with E-state index in [0.717, 1.165) is 18.9 Å². The van der Waals surface area contributed by atoms with Crippen LogP contribution in [0.1, 0.15) is 44.0 Å². The monoisotopic (exact) mass is 300 g/mol. The molecular formula is C14H18F2N2O3. The average Bonchev–Trinajstić information content (AvgIpc) is 2.39. The zero-order valence-corrected chi connectivity index (χ0v) is 12.2. The van der Waals surface area contributed by atoms with Crippen LogP contribution in [-0.4, -0.2) is 16.9 Å². The summed E-state index contributed by atoms with van der Waals surface area (Å²) in [7, 11) is 0. The molecule has 21 heavy (non-hydrogen) atoms. The molecule has 0 fully saturated rings. The van der Waals surface area contributed by atoms with Crippen molar-refractivity contribution in [1.29, 1.82) is 0 Å². The van der Waals surface area contributed by atoms with Crippen molar-refractivity contribution in [2.45, 2.75) is 39.7 Å². The molecule has 1 aromatic carbocycles. The van der Waals surface area contributed by atoms with Gasteiger partial charge in [0.15, 0.2) is 0 Å². The van der Waals surface area contributed by atoms with Gasteiger partial charge in [-0.05, 0) is 18.9 Å². The second-order valence-electron chi connectivity index (χ2n) is 4.85. The number of nitro benzene ring substituents is 1. The predicted octanol–water partition coefficient (Wildman–Crippen LogP) is 3.43. The van der Waals surface area contributed by atoms with Crippen molar-refractivity contribution >= 4 is 11.6 Å². The fourth-order valence-electron chi connectivity index (χ4n) is 2.28. The van der Waals surface area contributed by atoms with Crippen LogP contribution >= 0.6 is 0 Å². The van der Waals surface area contributed by atoms with Gasteiger partial charge in [0.25, 0.3) is 5.91 Å². The van der Waals surface area contributed by atoms with Gasteiger partial charge in [-0.2, -0.15) is 4.39 Å². The molecule has 1 atom stereocenters. The van der Waals surface area contributed by atoms with E-state index in [9.17, 15) is 23.7 Å². The van der Waals surface area contributed by atoms with Crippen molar-refractivity contribution in [1.82, 2.24) is 5.32 Å². The minimum Gasteiger partial charge on any atom is -0.349 e. The maximum atomic E-state index is 13.9. The van der Waals surface area contributed by atoms with Crippen LogP contribution in [-0.2, 0) is 0 Å². The Bertz CT molecular complexity index is 545. The highest BCUT2D eigenvalue weighted by Crippen LogP contribution is 2.23. The molecule has 1 N–H and O–H groups in total. The summed E-state index contributed by atoms with van der Waals surface area (Å²) in [6, 6.07) is 1.13. The topological polar surface area (TPSA) is 72.2 Å². The van der Waals surface area contributed by atoms with Gasteiger partial charge in [-0.1, -0.05) is 26.7 Å². The second kappa shape index (κ2) is 7.10. The highest BCUT2D eigenvalue weighted by molar-refractivity contribution is 5.95. The third kappa shape index (κ3) is 3.74. The molecule has 0 bridgehead atoms. The summed E-state index contributed by atoms with van der Waals surface area (Å²) in [6.45, 7) is 5.64. The number of carbonyl (C=O) groups is 1. The first kappa shape index (κ1) is 17.0. The third-order valence-corrected chi connectivity index (χ3v) is 3.61. The Morgan fingerprint density at radius 1 is 1.33 bits per heavy atom. The minimum absolute atomic E-state index is 0.166. The van der Waals surface area contributed by atoms with E-state index >= 15 is 0 Å². The molecule has 1 unspecified atom stereocenters. The first-order valence-corrected chi connectivity index (χ1v) is 6.76. The molecule has 0 aromatic heterocycles. The summed E-state index contributed by atoms with van der Waals surface area (Å²) in [5, 5.41) is 13.1. The van der Waals surface area contributed by atoms with Crippen LogP contribution < -0.4 is 5.32 Å². The smallest absolute Gasteiger partial charge is 0.305 e. The lowest BCUT2D eigenvalue weighted by Crippen LogP contribution is -2.38. The van der Waals surface area contributed by atoms with E-state index in [0.29, 0.717) is 6.07 Å². The molecule has 0 saturated heterocycles. The lowest BCUT2D eigenvalue weighted by Gasteiger charge is -2.22. The predicted molar refractivity (Wildman–Crippen MR) is 74.0 cm³/mol. The van der Waals surface area contributed by atoms with E-state index in [4.69, 9.17) is 0 Å². The highest BCUT2D eigenvalue weighted by Gasteiger charge is 2.27. The van der Waals surface area contributed by atoms with Crippen LogP contribution in [0, 0.1) is 27.7 Å². The molecule has 0 aliphatic rings. The summed E-state index contributed by atoms with van der Waals surface area (Å²) in [5.41, 5.74) is -1.83. The maximum absolute atomic E-state index is 13.9. The summed E-state index contributed by atoms with van der Waals surface area (Å²) >= 11 is 0. The summed E-state index contributed by atoms with van der Waals surface area (Å²) < 4.78 is 27.5. The van der Waals surface area contributed by atoms with Crippen molar-refractivity contribution in [3.05, 3.63) is 39.4 Å². The number of nitrogens with one attached hydrogen (secondary N) is 1. The number of nitrogens with zero attached hydrogens (tertiary/aromatic N) is 1. The molecule has 5 nitrogen and oxygen atoms in total. The number of hydrogen-bond acceptors (Lipinski definition) is 3. The van der Waals surface area contributed by atoms with E-state index in [-0.39, 0.29) is 12.0 Å². The molecule has 1 aromatic rings. The second-order valence-corrected chi connectivity index (χ2v) is 4.85. The van der Waals surface area contributed by atoms with Crippen molar-refractivity contribution in [3.8, 4) is 0 Å². The Kier molecular flexibility index (Phi) is 5.75. The average molecular weight is 300 g/mol. The van der Waals surface area contributed by atoms with Crippen LogP contribution in [0.3, 0.4) is 0 Å². The lowest BCUT2D eigenvalue weighted by molar-refractivity contribution is -0.387. The zero-order valence-electron chi connectivity index (χ0n) is 12.2. The maximum Gasteiger partial charge on any atom is 0.305 e. The number of amides is 1. The van der Waals surface area contributed by atoms with Crippen molar-refractivity contribution in [3.63, 3.8) is 0 Å². The molecule has 0 saturated carbocycles. The van der Waals surface area contributed by atoms with Crippen molar-refractivity contribution < 1.29 is 18.5 Å². The molecule has 116 valence electrons. The zero-order chi connectivity index (χ0) is 16.2. The first-order valence-electron chi connectivity index (χ1n) is 6.76. The van der Waals surface area contributed by atoms with Crippen molar-refractivity contribution in [2.24, 2.45) is 5.92 Å². The van der Waals surface area contributed by atoms with E-state index < -0.39 is 33.7 Å². The first-order chi connectivity index (χ1) is 9.83. The van der Waals surface area contributed by atoms with Gasteiger partial charge >= 0.3 is 5.69 Å². The Labute approximate surface area is 121 Å². The van der Waals surface area contributed by atoms with Crippen LogP contribution in [0.25, 0.3) is 0 Å². The molecule has 0 radical (unpaired) electrons. The number of rotatable bonds is 6. The fraction of sp³-hybridized carbons (Fsp3) is 0.500. The highest BCUT2D eigenvalue weighted by atomic mass is 19.1. The van der Waals surface area contributed by atoms with Gasteiger partial charge in [0.05, 0.1) is 4.92 Å². The quantitative estimate of drug-likeness (QED) is 0.646. The van der Waals surface area contributed by atoms with E-state index in [2.05, 4.69) is 5.32 Å². The van der Waals surface area contributed by atoms with Gasteiger partial charge in [-0.15, -0.1) is 0 Å². The van der Waals surface area contributed by atoms with E-state index in [1.807, 2.05) is 13.8 Å². The van der Waals surface area contributed by atoms with Crippen LogP contribution in [0.5, 0.6) is 0 Å². The Hall–Kier alpha value is -2.05. The molecule has 1 rings (SSSR count). The molecule has 1 amide bonds. The number of halogens is 2. The standard InChI is InChI=1S/C14H18F2N2O3/c1-4-9(5-2)8(3)17-14(19)12-10(15)6-7-11(13(12)16)18(20)21/h6-9H,4-5H2,1-3H3,(H,17,19). The van der Waals surface area contributed by atoms with Gasteiger partial charge in [-0.3, -0.25) is 14.9 Å². The van der Waals surface area contributed by atoms with E-state index in [1.165, 1.54) is 0 Å². The van der Waals surface area contributed by atoms with Crippen LogP contribution in [0.2, 0.25) is 0 Å². The van der Waals surface area contributed by atoms with Gasteiger partial charge < -0.3 is 5.32 Å². The molecular weight excluding hydrogens is 282 g/mol. The van der Waals surface area contributed by atoms with Gasteiger partial charge in [0, 0.05) is 12.1 Å². The minimum atomic E-state index is -1.45. The Morgan fingerprint density at radius 3 is 2.38 bits per heavy atom. The van der Waals surface area contributed by atoms with Gasteiger partial charge in [0.1, 0.15) is 11.4 Å². The Balaban J connectivity index is 3.08. The normalized spacial score (nSPS) is 12.3. The molecule has 0 heterocycles. The third-order valence-electron chi connectivity index (χ3n) is 3.61. The van der Waals surface area contributed by atoms with Gasteiger partial charge in [-0.25, -0.2) is 4.39 Å². The summed E-state index contributed by atoms with van der Waals surface area (Å²) in [4.78, 5) is 21.6. The fourth-order valence-corrected chi connectivity index (χ4v) is 2.28. The number of carbonyl (C=O) groups excluding carboxylic acids is 1. The number of nitro groups is 1. The summed E-state index contributed by atoms with van der Waals surface area (Å²) in [5.74, 6) is -3.38. The van der Waals surface area contributed by atoms with Crippen molar-refractivity contribution in [2.75, 3.05) is 0 Å². The molecule has 0 aliphatic heterocycles. The molecule has 0 spiro atoms. The Morgan fingerprint density at radius 2 is 1.90 bits per heavy atom. The van der Waals surface area contributed by atoms with Crippen LogP contribution in [0.15, 0.2) is 12.1 Å². The molecule has 0 aliphatic carbocycles. The molecule has 7 heteroatoms. The SMILES string of the molecule is CCC(CC)C(C)NC(=O)c1c(F)ccc([N+](=O)[O-])c1F. The largest absolute Gasteiger partial charge is 0.349 e. The number of benzene rings is 1. The van der Waals surface area contributed by atoms with Crippen LogP contribution in [0.4, 0.5) is 14.5 Å².